The lowest BCUT2D eigenvalue weighted by Gasteiger charge is -2.08. The van der Waals surface area contributed by atoms with E-state index in [0.29, 0.717) is 6.04 Å². The van der Waals surface area contributed by atoms with Crippen molar-refractivity contribution in [3.63, 3.8) is 0 Å². The van der Waals surface area contributed by atoms with Crippen molar-refractivity contribution < 1.29 is 0 Å². The van der Waals surface area contributed by atoms with E-state index in [0.717, 1.165) is 6.42 Å². The molecule has 2 nitrogen and oxygen atoms in total. The van der Waals surface area contributed by atoms with Crippen molar-refractivity contribution in [1.82, 2.24) is 10.3 Å². The summed E-state index contributed by atoms with van der Waals surface area (Å²) in [6, 6.07) is 7.03. The summed E-state index contributed by atoms with van der Waals surface area (Å²) in [4.78, 5) is 3.31. The summed E-state index contributed by atoms with van der Waals surface area (Å²) in [5.41, 5.74) is 3.97. The molecule has 1 aromatic carbocycles. The molecule has 2 heteroatoms. The number of aromatic nitrogens is 1. The quantitative estimate of drug-likeness (QED) is 0.786. The Labute approximate surface area is 90.7 Å². The van der Waals surface area contributed by atoms with Crippen LogP contribution in [0.5, 0.6) is 0 Å². The smallest absolute Gasteiger partial charge is 0.0457 e. The monoisotopic (exact) mass is 202 g/mol. The molecular weight excluding hydrogens is 184 g/mol. The van der Waals surface area contributed by atoms with Gasteiger partial charge in [-0.05, 0) is 43.7 Å². The first-order valence-corrected chi connectivity index (χ1v) is 5.53. The molecule has 0 saturated heterocycles. The zero-order valence-electron chi connectivity index (χ0n) is 9.59. The summed E-state index contributed by atoms with van der Waals surface area (Å²) in [6.07, 6.45) is 3.19. The van der Waals surface area contributed by atoms with Crippen LogP contribution in [0, 0.1) is 0 Å². The third kappa shape index (κ3) is 1.77. The first-order valence-electron chi connectivity index (χ1n) is 5.53. The summed E-state index contributed by atoms with van der Waals surface area (Å²) in [5.74, 6) is 0. The van der Waals surface area contributed by atoms with Crippen LogP contribution in [0.4, 0.5) is 0 Å². The van der Waals surface area contributed by atoms with Crippen LogP contribution in [-0.2, 0) is 6.42 Å². The van der Waals surface area contributed by atoms with Crippen LogP contribution >= 0.6 is 0 Å². The van der Waals surface area contributed by atoms with Gasteiger partial charge in [0.1, 0.15) is 0 Å². The zero-order chi connectivity index (χ0) is 10.8. The second kappa shape index (κ2) is 4.07. The van der Waals surface area contributed by atoms with Crippen LogP contribution in [0.3, 0.4) is 0 Å². The Morgan fingerprint density at radius 3 is 2.87 bits per heavy atom. The predicted molar refractivity (Wildman–Crippen MR) is 65.2 cm³/mol. The van der Waals surface area contributed by atoms with Crippen molar-refractivity contribution >= 4 is 10.9 Å². The predicted octanol–water partition coefficient (Wildman–Crippen LogP) is 3.01. The molecule has 15 heavy (non-hydrogen) atoms. The second-order valence-electron chi connectivity index (χ2n) is 3.99. The molecule has 80 valence electrons. The number of H-pyrrole nitrogens is 1. The van der Waals surface area contributed by atoms with Gasteiger partial charge in [0, 0.05) is 23.1 Å². The molecule has 2 aromatic rings. The maximum Gasteiger partial charge on any atom is 0.0457 e. The molecule has 0 aliphatic carbocycles. The van der Waals surface area contributed by atoms with Gasteiger partial charge in [-0.2, -0.15) is 0 Å². The maximum absolute atomic E-state index is 3.31. The molecule has 2 N–H and O–H groups in total. The number of hydrogen-bond acceptors (Lipinski definition) is 1. The van der Waals surface area contributed by atoms with Crippen LogP contribution < -0.4 is 5.32 Å². The number of hydrogen-bond donors (Lipinski definition) is 2. The summed E-state index contributed by atoms with van der Waals surface area (Å²) < 4.78 is 0. The van der Waals surface area contributed by atoms with Crippen LogP contribution in [-0.4, -0.2) is 12.0 Å². The van der Waals surface area contributed by atoms with E-state index in [1.165, 1.54) is 22.0 Å². The standard InChI is InChI=1S/C13H18N2/c1-4-10-5-6-13-11(7-10)12(8-15-13)9(2)14-3/h5-9,14-15H,4H2,1-3H3. The number of aromatic amines is 1. The van der Waals surface area contributed by atoms with E-state index in [1.54, 1.807) is 0 Å². The molecule has 0 bridgehead atoms. The Kier molecular flexibility index (Phi) is 2.78. The largest absolute Gasteiger partial charge is 0.361 e. The van der Waals surface area contributed by atoms with E-state index >= 15 is 0 Å². The Balaban J connectivity index is 2.56. The van der Waals surface area contributed by atoms with Crippen LogP contribution in [0.2, 0.25) is 0 Å². The highest BCUT2D eigenvalue weighted by Gasteiger charge is 2.09. The fourth-order valence-electron chi connectivity index (χ4n) is 1.92. The van der Waals surface area contributed by atoms with E-state index in [-0.39, 0.29) is 0 Å². The first-order chi connectivity index (χ1) is 7.26. The minimum absolute atomic E-state index is 0.394. The summed E-state index contributed by atoms with van der Waals surface area (Å²) in [5, 5.41) is 4.62. The lowest BCUT2D eigenvalue weighted by molar-refractivity contribution is 0.657. The Morgan fingerprint density at radius 1 is 1.40 bits per heavy atom. The van der Waals surface area contributed by atoms with Gasteiger partial charge in [0.25, 0.3) is 0 Å². The van der Waals surface area contributed by atoms with Crippen LogP contribution in [0.1, 0.15) is 31.0 Å². The molecule has 1 aromatic heterocycles. The highest BCUT2D eigenvalue weighted by atomic mass is 14.9. The molecule has 0 aliphatic rings. The number of fused-ring (bicyclic) bond motifs is 1. The molecule has 1 atom stereocenters. The van der Waals surface area contributed by atoms with Gasteiger partial charge < -0.3 is 10.3 Å². The van der Waals surface area contributed by atoms with Crippen molar-refractivity contribution in [2.24, 2.45) is 0 Å². The lowest BCUT2D eigenvalue weighted by Crippen LogP contribution is -2.11. The van der Waals surface area contributed by atoms with Gasteiger partial charge in [0.2, 0.25) is 0 Å². The highest BCUT2D eigenvalue weighted by molar-refractivity contribution is 5.84. The number of aryl methyl sites for hydroxylation is 1. The third-order valence-electron chi connectivity index (χ3n) is 3.09. The van der Waals surface area contributed by atoms with Crippen molar-refractivity contribution in [3.05, 3.63) is 35.5 Å². The van der Waals surface area contributed by atoms with Gasteiger partial charge in [-0.3, -0.25) is 0 Å². The fourth-order valence-corrected chi connectivity index (χ4v) is 1.92. The van der Waals surface area contributed by atoms with E-state index in [1.807, 2.05) is 7.05 Å². The molecule has 0 saturated carbocycles. The average Bonchev–Trinajstić information content (AvgIpc) is 2.70. The second-order valence-corrected chi connectivity index (χ2v) is 3.99. The number of rotatable bonds is 3. The Hall–Kier alpha value is -1.28. The molecular formula is C13H18N2. The van der Waals surface area contributed by atoms with E-state index in [9.17, 15) is 0 Å². The summed E-state index contributed by atoms with van der Waals surface area (Å²) in [6.45, 7) is 4.37. The Morgan fingerprint density at radius 2 is 2.20 bits per heavy atom. The van der Waals surface area contributed by atoms with E-state index in [2.05, 4.69) is 48.5 Å². The molecule has 0 spiro atoms. The molecule has 2 rings (SSSR count). The molecule has 0 radical (unpaired) electrons. The van der Waals surface area contributed by atoms with Crippen molar-refractivity contribution in [1.29, 1.82) is 0 Å². The first kappa shape index (κ1) is 10.2. The molecule has 0 fully saturated rings. The van der Waals surface area contributed by atoms with Crippen molar-refractivity contribution in [2.45, 2.75) is 26.3 Å². The number of benzene rings is 1. The minimum Gasteiger partial charge on any atom is -0.361 e. The lowest BCUT2D eigenvalue weighted by atomic mass is 10.0. The van der Waals surface area contributed by atoms with E-state index in [4.69, 9.17) is 0 Å². The van der Waals surface area contributed by atoms with Gasteiger partial charge in [-0.25, -0.2) is 0 Å². The SMILES string of the molecule is CCc1ccc2[nH]cc(C(C)NC)c2c1. The normalized spacial score (nSPS) is 13.3. The number of nitrogens with one attached hydrogen (secondary N) is 2. The molecule has 1 heterocycles. The Bertz CT molecular complexity index is 457. The summed E-state index contributed by atoms with van der Waals surface area (Å²) >= 11 is 0. The zero-order valence-corrected chi connectivity index (χ0v) is 9.59. The van der Waals surface area contributed by atoms with Crippen molar-refractivity contribution in [2.75, 3.05) is 7.05 Å². The van der Waals surface area contributed by atoms with Gasteiger partial charge in [0.05, 0.1) is 0 Å². The fraction of sp³-hybridized carbons (Fsp3) is 0.385. The van der Waals surface area contributed by atoms with Gasteiger partial charge in [-0.15, -0.1) is 0 Å². The van der Waals surface area contributed by atoms with Gasteiger partial charge in [0.15, 0.2) is 0 Å². The summed E-state index contributed by atoms with van der Waals surface area (Å²) in [7, 11) is 1.99. The third-order valence-corrected chi connectivity index (χ3v) is 3.09. The average molecular weight is 202 g/mol. The van der Waals surface area contributed by atoms with Gasteiger partial charge >= 0.3 is 0 Å². The van der Waals surface area contributed by atoms with Gasteiger partial charge in [-0.1, -0.05) is 13.0 Å². The van der Waals surface area contributed by atoms with E-state index < -0.39 is 0 Å². The van der Waals surface area contributed by atoms with Crippen LogP contribution in [0.15, 0.2) is 24.4 Å². The minimum atomic E-state index is 0.394. The molecule has 1 unspecified atom stereocenters. The molecule has 0 aliphatic heterocycles. The van der Waals surface area contributed by atoms with Crippen molar-refractivity contribution in [3.8, 4) is 0 Å². The topological polar surface area (TPSA) is 27.8 Å². The maximum atomic E-state index is 3.31. The highest BCUT2D eigenvalue weighted by Crippen LogP contribution is 2.24. The molecule has 0 amide bonds. The van der Waals surface area contributed by atoms with Crippen LogP contribution in [0.25, 0.3) is 10.9 Å².